The minimum atomic E-state index is 0.219. The van der Waals surface area contributed by atoms with Crippen molar-refractivity contribution >= 4 is 11.0 Å². The van der Waals surface area contributed by atoms with Gasteiger partial charge in [-0.25, -0.2) is 4.98 Å². The SMILES string of the molecule is COc1ccc(-c2c(-c3ccc(OC)cc3)n(Cc3ccccc3)c3ncn(C4CCC(OC)CC4)c(=N)c23)cc1. The van der Waals surface area contributed by atoms with Crippen LogP contribution in [0.4, 0.5) is 0 Å². The monoisotopic (exact) mass is 548 g/mol. The van der Waals surface area contributed by atoms with E-state index in [2.05, 4.69) is 57.7 Å². The summed E-state index contributed by atoms with van der Waals surface area (Å²) in [4.78, 5) is 5.08. The van der Waals surface area contributed by atoms with Crippen molar-refractivity contribution in [3.8, 4) is 33.9 Å². The second-order valence-electron chi connectivity index (χ2n) is 10.6. The van der Waals surface area contributed by atoms with Gasteiger partial charge in [-0.15, -0.1) is 0 Å². The van der Waals surface area contributed by atoms with Crippen LogP contribution in [0, 0.1) is 5.41 Å². The molecule has 0 unspecified atom stereocenters. The van der Waals surface area contributed by atoms with Gasteiger partial charge < -0.3 is 23.3 Å². The van der Waals surface area contributed by atoms with Crippen LogP contribution in [0.15, 0.2) is 85.2 Å². The minimum Gasteiger partial charge on any atom is -0.497 e. The van der Waals surface area contributed by atoms with E-state index in [9.17, 15) is 5.41 Å². The van der Waals surface area contributed by atoms with Crippen LogP contribution < -0.4 is 15.0 Å². The molecule has 1 fully saturated rings. The molecule has 210 valence electrons. The molecule has 0 amide bonds. The number of rotatable bonds is 8. The van der Waals surface area contributed by atoms with Crippen LogP contribution in [-0.2, 0) is 11.3 Å². The zero-order valence-electron chi connectivity index (χ0n) is 23.8. The molecule has 0 radical (unpaired) electrons. The lowest BCUT2D eigenvalue weighted by Gasteiger charge is -2.29. The number of nitrogens with zero attached hydrogens (tertiary/aromatic N) is 3. The van der Waals surface area contributed by atoms with E-state index in [0.717, 1.165) is 70.6 Å². The van der Waals surface area contributed by atoms with Crippen LogP contribution in [0.25, 0.3) is 33.4 Å². The maximum Gasteiger partial charge on any atom is 0.146 e. The summed E-state index contributed by atoms with van der Waals surface area (Å²) < 4.78 is 20.9. The Labute approximate surface area is 240 Å². The molecule has 3 aromatic carbocycles. The fraction of sp³-hybridized carbons (Fsp3) is 0.294. The Bertz CT molecular complexity index is 1680. The predicted octanol–water partition coefficient (Wildman–Crippen LogP) is 6.85. The molecule has 1 aliphatic carbocycles. The number of nitrogens with one attached hydrogen (secondary N) is 1. The Morgan fingerprint density at radius 1 is 0.780 bits per heavy atom. The van der Waals surface area contributed by atoms with Gasteiger partial charge in [-0.3, -0.25) is 5.41 Å². The van der Waals surface area contributed by atoms with Crippen molar-refractivity contribution in [2.45, 2.75) is 44.4 Å². The highest BCUT2D eigenvalue weighted by Gasteiger charge is 2.27. The summed E-state index contributed by atoms with van der Waals surface area (Å²) in [6, 6.07) is 26.9. The van der Waals surface area contributed by atoms with E-state index in [1.807, 2.05) is 36.7 Å². The van der Waals surface area contributed by atoms with Crippen LogP contribution in [0.1, 0.15) is 37.3 Å². The topological polar surface area (TPSA) is 74.3 Å². The molecule has 0 atom stereocenters. The third-order valence-electron chi connectivity index (χ3n) is 8.33. The molecular weight excluding hydrogens is 512 g/mol. The lowest BCUT2D eigenvalue weighted by Crippen LogP contribution is -2.30. The van der Waals surface area contributed by atoms with Crippen molar-refractivity contribution in [1.29, 1.82) is 5.41 Å². The van der Waals surface area contributed by atoms with Crippen LogP contribution in [0.3, 0.4) is 0 Å². The van der Waals surface area contributed by atoms with E-state index < -0.39 is 0 Å². The van der Waals surface area contributed by atoms with Gasteiger partial charge in [0, 0.05) is 25.3 Å². The van der Waals surface area contributed by atoms with Gasteiger partial charge in [0.25, 0.3) is 0 Å². The zero-order chi connectivity index (χ0) is 28.3. The molecule has 0 bridgehead atoms. The zero-order valence-corrected chi connectivity index (χ0v) is 23.8. The standard InChI is InChI=1S/C34H36N4O3/c1-39-27-15-9-24(10-16-27)30-31-33(35)38(26-13-19-29(41-3)20-14-26)22-36-34(31)37(21-23-7-5-4-6-8-23)32(30)25-11-17-28(40-2)18-12-25/h4-12,15-18,22,26,29,35H,13-14,19-21H2,1-3H3. The first kappa shape index (κ1) is 26.8. The van der Waals surface area contributed by atoms with Crippen LogP contribution in [0.2, 0.25) is 0 Å². The molecule has 7 heteroatoms. The Morgan fingerprint density at radius 2 is 1.39 bits per heavy atom. The summed E-state index contributed by atoms with van der Waals surface area (Å²) in [6.45, 7) is 0.629. The third-order valence-corrected chi connectivity index (χ3v) is 8.33. The maximum atomic E-state index is 9.59. The summed E-state index contributed by atoms with van der Waals surface area (Å²) in [6.07, 6.45) is 6.08. The molecule has 0 spiro atoms. The van der Waals surface area contributed by atoms with Gasteiger partial charge >= 0.3 is 0 Å². The number of hydrogen-bond donors (Lipinski definition) is 1. The van der Waals surface area contributed by atoms with E-state index in [4.69, 9.17) is 19.2 Å². The smallest absolute Gasteiger partial charge is 0.146 e. The first-order chi connectivity index (χ1) is 20.1. The molecule has 1 saturated carbocycles. The fourth-order valence-corrected chi connectivity index (χ4v) is 6.11. The van der Waals surface area contributed by atoms with Gasteiger partial charge in [-0.05, 0) is 78.8 Å². The number of methoxy groups -OCH3 is 3. The van der Waals surface area contributed by atoms with Crippen molar-refractivity contribution < 1.29 is 14.2 Å². The number of benzene rings is 3. The van der Waals surface area contributed by atoms with Gasteiger partial charge in [0.05, 0.1) is 37.7 Å². The fourth-order valence-electron chi connectivity index (χ4n) is 6.11. The molecule has 0 saturated heterocycles. The largest absolute Gasteiger partial charge is 0.497 e. The minimum absolute atomic E-state index is 0.219. The number of aromatic nitrogens is 3. The number of fused-ring (bicyclic) bond motifs is 1. The quantitative estimate of drug-likeness (QED) is 0.230. The summed E-state index contributed by atoms with van der Waals surface area (Å²) in [7, 11) is 5.15. The summed E-state index contributed by atoms with van der Waals surface area (Å²) in [5.41, 5.74) is 6.55. The highest BCUT2D eigenvalue weighted by Crippen LogP contribution is 2.41. The van der Waals surface area contributed by atoms with Crippen LogP contribution in [0.5, 0.6) is 11.5 Å². The Hall–Kier alpha value is -4.36. The number of hydrogen-bond acceptors (Lipinski definition) is 5. The van der Waals surface area contributed by atoms with Crippen molar-refractivity contribution in [1.82, 2.24) is 14.1 Å². The highest BCUT2D eigenvalue weighted by molar-refractivity contribution is 6.02. The number of ether oxygens (including phenoxy) is 3. The second kappa shape index (κ2) is 11.6. The Kier molecular flexibility index (Phi) is 7.61. The van der Waals surface area contributed by atoms with Crippen molar-refractivity contribution in [3.63, 3.8) is 0 Å². The summed E-state index contributed by atoms with van der Waals surface area (Å²) in [5, 5.41) is 10.4. The lowest BCUT2D eigenvalue weighted by molar-refractivity contribution is 0.0577. The van der Waals surface area contributed by atoms with Gasteiger partial charge in [0.2, 0.25) is 0 Å². The summed E-state index contributed by atoms with van der Waals surface area (Å²) in [5.74, 6) is 1.59. The first-order valence-electron chi connectivity index (χ1n) is 14.1. The third kappa shape index (κ3) is 5.13. The molecular formula is C34H36N4O3. The van der Waals surface area contributed by atoms with Gasteiger partial charge in [0.15, 0.2) is 0 Å². The van der Waals surface area contributed by atoms with Crippen molar-refractivity contribution in [2.75, 3.05) is 21.3 Å². The highest BCUT2D eigenvalue weighted by atomic mass is 16.5. The van der Waals surface area contributed by atoms with E-state index in [0.29, 0.717) is 18.1 Å². The Balaban J connectivity index is 1.63. The lowest BCUT2D eigenvalue weighted by atomic mass is 9.92. The molecule has 1 N–H and O–H groups in total. The Morgan fingerprint density at radius 3 is 1.98 bits per heavy atom. The average molecular weight is 549 g/mol. The van der Waals surface area contributed by atoms with E-state index in [1.54, 1.807) is 21.3 Å². The van der Waals surface area contributed by atoms with E-state index in [1.165, 1.54) is 5.56 Å². The van der Waals surface area contributed by atoms with Gasteiger partial charge in [0.1, 0.15) is 22.6 Å². The molecule has 6 rings (SSSR count). The molecule has 7 nitrogen and oxygen atoms in total. The molecule has 5 aromatic rings. The molecule has 1 aliphatic rings. The van der Waals surface area contributed by atoms with E-state index in [-0.39, 0.29) is 6.04 Å². The molecule has 2 aromatic heterocycles. The average Bonchev–Trinajstić information content (AvgIpc) is 3.36. The van der Waals surface area contributed by atoms with Gasteiger partial charge in [-0.2, -0.15) is 0 Å². The predicted molar refractivity (Wildman–Crippen MR) is 161 cm³/mol. The summed E-state index contributed by atoms with van der Waals surface area (Å²) >= 11 is 0. The van der Waals surface area contributed by atoms with Crippen LogP contribution >= 0.6 is 0 Å². The maximum absolute atomic E-state index is 9.59. The molecule has 41 heavy (non-hydrogen) atoms. The van der Waals surface area contributed by atoms with Crippen LogP contribution in [-0.4, -0.2) is 41.6 Å². The normalized spacial score (nSPS) is 17.0. The molecule has 2 heterocycles. The van der Waals surface area contributed by atoms with Crippen molar-refractivity contribution in [3.05, 3.63) is 96.2 Å². The van der Waals surface area contributed by atoms with E-state index >= 15 is 0 Å². The first-order valence-corrected chi connectivity index (χ1v) is 14.1. The van der Waals surface area contributed by atoms with Gasteiger partial charge in [-0.1, -0.05) is 42.5 Å². The second-order valence-corrected chi connectivity index (χ2v) is 10.6. The van der Waals surface area contributed by atoms with Crippen molar-refractivity contribution in [2.24, 2.45) is 0 Å². The molecule has 0 aliphatic heterocycles.